The Morgan fingerprint density at radius 1 is 0.793 bits per heavy atom. The molecule has 0 aliphatic rings. The van der Waals surface area contributed by atoms with Crippen molar-refractivity contribution in [3.8, 4) is 5.75 Å². The molecule has 3 aromatic carbocycles. The molecule has 0 aromatic heterocycles. The second-order valence-corrected chi connectivity index (χ2v) is 6.52. The second-order valence-electron chi connectivity index (χ2n) is 6.52. The van der Waals surface area contributed by atoms with Crippen LogP contribution in [0, 0.1) is 0 Å². The van der Waals surface area contributed by atoms with Crippen molar-refractivity contribution < 1.29 is 31.1 Å². The van der Waals surface area contributed by atoms with Crippen molar-refractivity contribution in [2.45, 2.75) is 24.8 Å². The van der Waals surface area contributed by atoms with Gasteiger partial charge in [0.25, 0.3) is 0 Å². The van der Waals surface area contributed by atoms with E-state index in [1.54, 1.807) is 6.07 Å². The van der Waals surface area contributed by atoms with Crippen molar-refractivity contribution in [1.82, 2.24) is 0 Å². The van der Waals surface area contributed by atoms with Gasteiger partial charge in [0, 0.05) is 17.8 Å². The highest BCUT2D eigenvalue weighted by Crippen LogP contribution is 2.38. The molecule has 0 aliphatic heterocycles. The minimum atomic E-state index is -4.50. The van der Waals surface area contributed by atoms with Gasteiger partial charge in [-0.05, 0) is 35.2 Å². The normalized spacial score (nSPS) is 13.5. The molecule has 8 heteroatoms. The van der Waals surface area contributed by atoms with Crippen molar-refractivity contribution in [3.05, 3.63) is 77.4 Å². The fourth-order valence-electron chi connectivity index (χ4n) is 3.05. The zero-order valence-corrected chi connectivity index (χ0v) is 15.0. The van der Waals surface area contributed by atoms with Crippen LogP contribution < -0.4 is 10.5 Å². The average Bonchev–Trinajstić information content (AvgIpc) is 2.66. The van der Waals surface area contributed by atoms with Gasteiger partial charge in [0.2, 0.25) is 0 Å². The first-order valence-electron chi connectivity index (χ1n) is 8.72. The molecule has 29 heavy (non-hydrogen) atoms. The predicted octanol–water partition coefficient (Wildman–Crippen LogP) is 6.35. The summed E-state index contributed by atoms with van der Waals surface area (Å²) in [6.45, 7) is 0.0345. The first-order chi connectivity index (χ1) is 13.6. The number of nitrogens with two attached hydrogens (primary N) is 1. The highest BCUT2D eigenvalue weighted by atomic mass is 19.4. The minimum Gasteiger partial charge on any atom is -0.493 e. The molecule has 154 valence electrons. The quantitative estimate of drug-likeness (QED) is 0.495. The lowest BCUT2D eigenvalue weighted by molar-refractivity contribution is -0.138. The molecule has 0 amide bonds. The molecule has 0 spiro atoms. The third-order valence-electron chi connectivity index (χ3n) is 4.52. The second kappa shape index (κ2) is 7.94. The van der Waals surface area contributed by atoms with Crippen molar-refractivity contribution in [2.24, 2.45) is 5.73 Å². The summed E-state index contributed by atoms with van der Waals surface area (Å²) in [5, 5.41) is 0.314. The number of benzene rings is 3. The molecular weight excluding hydrogens is 396 g/mol. The van der Waals surface area contributed by atoms with Crippen LogP contribution in [0.5, 0.6) is 5.75 Å². The maximum absolute atomic E-state index is 13.2. The fraction of sp³-hybridized carbons (Fsp3) is 0.238. The third-order valence-corrected chi connectivity index (χ3v) is 4.52. The summed E-state index contributed by atoms with van der Waals surface area (Å²) >= 11 is 0. The molecule has 3 aromatic rings. The lowest BCUT2D eigenvalue weighted by atomic mass is 10.0. The Balaban J connectivity index is 1.74. The van der Waals surface area contributed by atoms with Gasteiger partial charge in [-0.15, -0.1) is 0 Å². The molecule has 0 heterocycles. The van der Waals surface area contributed by atoms with Crippen LogP contribution >= 0.6 is 0 Å². The number of halogens is 6. The Kier molecular flexibility index (Phi) is 5.75. The molecule has 0 aliphatic carbocycles. The van der Waals surface area contributed by atoms with Crippen molar-refractivity contribution in [3.63, 3.8) is 0 Å². The van der Waals surface area contributed by atoms with E-state index in [2.05, 4.69) is 0 Å². The van der Waals surface area contributed by atoms with Crippen molar-refractivity contribution in [1.29, 1.82) is 0 Å². The molecule has 0 unspecified atom stereocenters. The van der Waals surface area contributed by atoms with E-state index in [-0.39, 0.29) is 24.2 Å². The van der Waals surface area contributed by atoms with E-state index >= 15 is 0 Å². The van der Waals surface area contributed by atoms with Gasteiger partial charge in [-0.2, -0.15) is 26.3 Å². The summed E-state index contributed by atoms with van der Waals surface area (Å²) in [5.41, 5.74) is 4.72. The highest BCUT2D eigenvalue weighted by molar-refractivity contribution is 5.91. The molecule has 2 N–H and O–H groups in total. The summed E-state index contributed by atoms with van der Waals surface area (Å²) < 4.78 is 83.6. The van der Waals surface area contributed by atoms with Crippen LogP contribution in [0.3, 0.4) is 0 Å². The van der Waals surface area contributed by atoms with Gasteiger partial charge in [0.15, 0.2) is 0 Å². The monoisotopic (exact) mass is 413 g/mol. The van der Waals surface area contributed by atoms with Gasteiger partial charge in [-0.1, -0.05) is 36.4 Å². The molecule has 0 bridgehead atoms. The topological polar surface area (TPSA) is 35.2 Å². The molecule has 0 saturated carbocycles. The standard InChI is InChI=1S/C21H17F6NO/c22-20(23,24)14-5-3-4-13(12-14)18(28)10-11-29-19-9-8-17(21(25,26)27)15-6-1-2-7-16(15)19/h1-9,12,18H,10-11,28H2/t18-/m0/s1. The van der Waals surface area contributed by atoms with Crippen molar-refractivity contribution in [2.75, 3.05) is 6.61 Å². The molecule has 1 atom stereocenters. The Morgan fingerprint density at radius 3 is 2.14 bits per heavy atom. The molecule has 2 nitrogen and oxygen atoms in total. The minimum absolute atomic E-state index is 0.0136. The van der Waals surface area contributed by atoms with E-state index < -0.39 is 29.5 Å². The molecule has 3 rings (SSSR count). The van der Waals surface area contributed by atoms with Gasteiger partial charge in [-0.25, -0.2) is 0 Å². The highest BCUT2D eigenvalue weighted by Gasteiger charge is 2.33. The maximum Gasteiger partial charge on any atom is 0.417 e. The Morgan fingerprint density at radius 2 is 1.48 bits per heavy atom. The van der Waals surface area contributed by atoms with E-state index in [4.69, 9.17) is 10.5 Å². The van der Waals surface area contributed by atoms with Crippen molar-refractivity contribution >= 4 is 10.8 Å². The summed E-state index contributed by atoms with van der Waals surface area (Å²) in [6.07, 6.45) is -8.77. The molecule has 0 saturated heterocycles. The van der Waals surface area contributed by atoms with E-state index in [1.807, 2.05) is 0 Å². The van der Waals surface area contributed by atoms with E-state index in [9.17, 15) is 26.3 Å². The maximum atomic E-state index is 13.2. The summed E-state index contributed by atoms with van der Waals surface area (Å²) in [5.74, 6) is 0.254. The predicted molar refractivity (Wildman–Crippen MR) is 97.4 cm³/mol. The molecular formula is C21H17F6NO. The SMILES string of the molecule is N[C@@H](CCOc1ccc(C(F)(F)F)c2ccccc12)c1cccc(C(F)(F)F)c1. The van der Waals surface area contributed by atoms with E-state index in [0.717, 1.165) is 18.2 Å². The summed E-state index contributed by atoms with van der Waals surface area (Å²) in [6, 6.07) is 12.2. The number of ether oxygens (including phenoxy) is 1. The smallest absolute Gasteiger partial charge is 0.417 e. The number of alkyl halides is 6. The Bertz CT molecular complexity index is 996. The Labute approximate surface area is 162 Å². The fourth-order valence-corrected chi connectivity index (χ4v) is 3.05. The number of hydrogen-bond acceptors (Lipinski definition) is 2. The molecule has 0 radical (unpaired) electrons. The van der Waals surface area contributed by atoms with Gasteiger partial charge < -0.3 is 10.5 Å². The molecule has 0 fully saturated rings. The first-order valence-corrected chi connectivity index (χ1v) is 8.72. The van der Waals surface area contributed by atoms with Crippen LogP contribution in [0.25, 0.3) is 10.8 Å². The summed E-state index contributed by atoms with van der Waals surface area (Å²) in [7, 11) is 0. The van der Waals surface area contributed by atoms with Crippen LogP contribution in [0.15, 0.2) is 60.7 Å². The number of hydrogen-bond donors (Lipinski definition) is 1. The summed E-state index contributed by atoms with van der Waals surface area (Å²) in [4.78, 5) is 0. The number of fused-ring (bicyclic) bond motifs is 1. The van der Waals surface area contributed by atoms with Gasteiger partial charge >= 0.3 is 12.4 Å². The zero-order valence-electron chi connectivity index (χ0n) is 15.0. The first kappa shape index (κ1) is 21.0. The third kappa shape index (κ3) is 4.82. The van der Waals surface area contributed by atoms with E-state index in [1.165, 1.54) is 36.4 Å². The van der Waals surface area contributed by atoms with Gasteiger partial charge in [0.05, 0.1) is 17.7 Å². The van der Waals surface area contributed by atoms with Crippen LogP contribution in [-0.4, -0.2) is 6.61 Å². The van der Waals surface area contributed by atoms with Crippen LogP contribution in [0.4, 0.5) is 26.3 Å². The van der Waals surface area contributed by atoms with Crippen LogP contribution in [-0.2, 0) is 12.4 Å². The van der Waals surface area contributed by atoms with Gasteiger partial charge in [0.1, 0.15) is 5.75 Å². The largest absolute Gasteiger partial charge is 0.493 e. The average molecular weight is 413 g/mol. The van der Waals surface area contributed by atoms with Gasteiger partial charge in [-0.3, -0.25) is 0 Å². The Hall–Kier alpha value is -2.74. The van der Waals surface area contributed by atoms with E-state index in [0.29, 0.717) is 10.9 Å². The lowest BCUT2D eigenvalue weighted by Gasteiger charge is -2.17. The van der Waals surface area contributed by atoms with Crippen LogP contribution in [0.2, 0.25) is 0 Å². The van der Waals surface area contributed by atoms with Crippen LogP contribution in [0.1, 0.15) is 29.2 Å². The zero-order chi connectivity index (χ0) is 21.2. The number of rotatable bonds is 5. The lowest BCUT2D eigenvalue weighted by Crippen LogP contribution is -2.15.